The first kappa shape index (κ1) is 41.6. The Morgan fingerprint density at radius 2 is 1.18 bits per heavy atom. The third-order valence-electron chi connectivity index (χ3n) is 9.14. The summed E-state index contributed by atoms with van der Waals surface area (Å²) in [6, 6.07) is 13.2. The van der Waals surface area contributed by atoms with Crippen LogP contribution in [-0.2, 0) is 25.4 Å². The number of unbranched alkanes of at least 4 members (excludes halogenated alkanes) is 5. The second-order valence-corrected chi connectivity index (χ2v) is 14.7. The molecular formula is C42H68O6S. The molecule has 7 heteroatoms. The van der Waals surface area contributed by atoms with E-state index in [-0.39, 0.29) is 28.8 Å². The fourth-order valence-corrected chi connectivity index (χ4v) is 7.77. The summed E-state index contributed by atoms with van der Waals surface area (Å²) < 4.78 is 39.3. The van der Waals surface area contributed by atoms with Crippen LogP contribution in [0.5, 0.6) is 11.5 Å². The van der Waals surface area contributed by atoms with Crippen LogP contribution in [0.2, 0.25) is 0 Å². The van der Waals surface area contributed by atoms with Gasteiger partial charge in [-0.3, -0.25) is 0 Å². The first-order valence-corrected chi connectivity index (χ1v) is 20.5. The Morgan fingerprint density at radius 1 is 0.612 bits per heavy atom. The third kappa shape index (κ3) is 13.7. The average Bonchev–Trinajstić information content (AvgIpc) is 3.10. The van der Waals surface area contributed by atoms with Gasteiger partial charge in [0, 0.05) is 32.0 Å². The van der Waals surface area contributed by atoms with Gasteiger partial charge in [0.05, 0.1) is 30.3 Å². The van der Waals surface area contributed by atoms with E-state index < -0.39 is 0 Å². The molecule has 2 aromatic carbocycles. The molecule has 278 valence electrons. The van der Waals surface area contributed by atoms with Crippen LogP contribution in [0.25, 0.3) is 0 Å². The maximum atomic E-state index is 6.93. The van der Waals surface area contributed by atoms with Gasteiger partial charge in [0.2, 0.25) is 0 Å². The minimum absolute atomic E-state index is 0.00518. The van der Waals surface area contributed by atoms with Gasteiger partial charge in [-0.15, -0.1) is 11.8 Å². The molecule has 49 heavy (non-hydrogen) atoms. The molecule has 0 N–H and O–H groups in total. The van der Waals surface area contributed by atoms with Gasteiger partial charge in [-0.05, 0) is 87.3 Å². The minimum Gasteiger partial charge on any atom is -0.494 e. The first-order valence-electron chi connectivity index (χ1n) is 19.6. The van der Waals surface area contributed by atoms with E-state index in [1.165, 1.54) is 22.3 Å². The molecule has 1 heterocycles. The smallest absolute Gasteiger partial charge is 0.123 e. The monoisotopic (exact) mass is 700 g/mol. The largest absolute Gasteiger partial charge is 0.494 e. The van der Waals surface area contributed by atoms with Gasteiger partial charge in [-0.1, -0.05) is 84.9 Å². The maximum absolute atomic E-state index is 6.93. The van der Waals surface area contributed by atoms with Gasteiger partial charge < -0.3 is 28.4 Å². The van der Waals surface area contributed by atoms with E-state index in [1.807, 2.05) is 18.7 Å². The predicted molar refractivity (Wildman–Crippen MR) is 206 cm³/mol. The molecule has 0 aromatic heterocycles. The highest BCUT2D eigenvalue weighted by atomic mass is 32.2. The van der Waals surface area contributed by atoms with Gasteiger partial charge in [0.15, 0.2) is 0 Å². The fraction of sp³-hybridized carbons (Fsp3) is 0.714. The number of hydrogen-bond donors (Lipinski definition) is 0. The number of hydrogen-bond acceptors (Lipinski definition) is 7. The molecule has 2 aromatic rings. The van der Waals surface area contributed by atoms with Crippen LogP contribution in [0, 0.1) is 6.92 Å². The van der Waals surface area contributed by atoms with Crippen LogP contribution < -0.4 is 9.47 Å². The Morgan fingerprint density at radius 3 is 1.80 bits per heavy atom. The van der Waals surface area contributed by atoms with E-state index in [0.717, 1.165) is 95.3 Å². The lowest BCUT2D eigenvalue weighted by atomic mass is 9.91. The topological polar surface area (TPSA) is 55.4 Å². The molecular weight excluding hydrogens is 633 g/mol. The Bertz CT molecular complexity index is 1140. The normalized spacial score (nSPS) is 20.8. The molecule has 0 amide bonds. The molecule has 0 saturated carbocycles. The lowest BCUT2D eigenvalue weighted by Crippen LogP contribution is -2.55. The molecule has 1 aliphatic rings. The Kier molecular flexibility index (Phi) is 20.8. The Labute approximate surface area is 303 Å². The van der Waals surface area contributed by atoms with Crippen molar-refractivity contribution in [3.05, 3.63) is 58.7 Å². The molecule has 0 aliphatic carbocycles. The van der Waals surface area contributed by atoms with E-state index in [1.54, 1.807) is 0 Å². The van der Waals surface area contributed by atoms with Crippen LogP contribution in [0.15, 0.2) is 36.4 Å². The Balaban J connectivity index is 2.11. The third-order valence-corrected chi connectivity index (χ3v) is 10.7. The second-order valence-electron chi connectivity index (χ2n) is 13.4. The average molecular weight is 701 g/mol. The zero-order chi connectivity index (χ0) is 35.3. The van der Waals surface area contributed by atoms with Crippen molar-refractivity contribution < 1.29 is 28.4 Å². The van der Waals surface area contributed by atoms with Crippen LogP contribution >= 0.6 is 11.8 Å². The number of ether oxygens (including phenoxy) is 6. The standard InChI is InChI=1S/C42H68O6S/c1-8-14-23-43-31-38-39(46-25-16-10-3)40(47-26-17-11-4)41(48-27-18-12-5)42(49-38)36-30-34(32(7)28-37(36)45-24-15-9-2)29-33-19-21-35(22-20-33)44-13-6/h19-22,28,30,38-42H,8-18,23-27,29,31H2,1-7H3/t38-,39-,40+,41-,42+/m1/s1. The first-order chi connectivity index (χ1) is 24.0. The molecule has 3 rings (SSSR count). The lowest BCUT2D eigenvalue weighted by molar-refractivity contribution is -0.149. The number of aryl methyl sites for hydroxylation is 1. The zero-order valence-corrected chi connectivity index (χ0v) is 32.8. The van der Waals surface area contributed by atoms with Crippen molar-refractivity contribution in [2.45, 2.75) is 148 Å². The summed E-state index contributed by atoms with van der Waals surface area (Å²) in [7, 11) is 0. The number of benzene rings is 2. The second kappa shape index (κ2) is 24.4. The summed E-state index contributed by atoms with van der Waals surface area (Å²) >= 11 is 1.95. The SMILES string of the molecule is CCCCOC[C@H]1S[C@@H](c2cc(Cc3ccc(OCC)cc3)c(C)cc2OCCCC)[C@H](OCCCC)[C@@H](OCCCC)[C@@H]1OCCCC. The van der Waals surface area contributed by atoms with Crippen molar-refractivity contribution >= 4 is 11.8 Å². The van der Waals surface area contributed by atoms with Crippen LogP contribution in [-0.4, -0.2) is 69.8 Å². The molecule has 0 unspecified atom stereocenters. The molecule has 1 fully saturated rings. The minimum atomic E-state index is -0.203. The summed E-state index contributed by atoms with van der Waals surface area (Å²) in [5.74, 6) is 1.87. The van der Waals surface area contributed by atoms with Gasteiger partial charge in [0.1, 0.15) is 29.8 Å². The summed E-state index contributed by atoms with van der Waals surface area (Å²) in [6.45, 7) is 20.2. The molecule has 0 spiro atoms. The van der Waals surface area contributed by atoms with Gasteiger partial charge in [-0.25, -0.2) is 0 Å². The highest BCUT2D eigenvalue weighted by Crippen LogP contribution is 2.50. The van der Waals surface area contributed by atoms with Crippen LogP contribution in [0.1, 0.15) is 133 Å². The molecule has 1 saturated heterocycles. The fourth-order valence-electron chi connectivity index (χ4n) is 6.11. The van der Waals surface area contributed by atoms with Crippen molar-refractivity contribution in [2.24, 2.45) is 0 Å². The summed E-state index contributed by atoms with van der Waals surface area (Å²) in [4.78, 5) is 0. The zero-order valence-electron chi connectivity index (χ0n) is 31.9. The van der Waals surface area contributed by atoms with Gasteiger partial charge in [0.25, 0.3) is 0 Å². The van der Waals surface area contributed by atoms with Gasteiger partial charge in [-0.2, -0.15) is 0 Å². The van der Waals surface area contributed by atoms with Crippen molar-refractivity contribution in [1.29, 1.82) is 0 Å². The summed E-state index contributed by atoms with van der Waals surface area (Å²) in [5, 5.41) is 0.112. The van der Waals surface area contributed by atoms with Crippen molar-refractivity contribution in [2.75, 3.05) is 46.2 Å². The van der Waals surface area contributed by atoms with E-state index >= 15 is 0 Å². The van der Waals surface area contributed by atoms with E-state index in [4.69, 9.17) is 28.4 Å². The van der Waals surface area contributed by atoms with Crippen molar-refractivity contribution in [3.8, 4) is 11.5 Å². The van der Waals surface area contributed by atoms with Crippen LogP contribution in [0.3, 0.4) is 0 Å². The summed E-state index contributed by atoms with van der Waals surface area (Å²) in [6.07, 6.45) is 10.9. The van der Waals surface area contributed by atoms with Crippen molar-refractivity contribution in [3.63, 3.8) is 0 Å². The molecule has 0 radical (unpaired) electrons. The molecule has 0 bridgehead atoms. The number of thioether (sulfide) groups is 1. The number of rotatable bonds is 26. The predicted octanol–water partition coefficient (Wildman–Crippen LogP) is 10.7. The molecule has 6 nitrogen and oxygen atoms in total. The highest BCUT2D eigenvalue weighted by molar-refractivity contribution is 8.00. The summed E-state index contributed by atoms with van der Waals surface area (Å²) in [5.41, 5.74) is 5.00. The highest BCUT2D eigenvalue weighted by Gasteiger charge is 2.49. The van der Waals surface area contributed by atoms with E-state index in [0.29, 0.717) is 33.0 Å². The maximum Gasteiger partial charge on any atom is 0.123 e. The van der Waals surface area contributed by atoms with E-state index in [9.17, 15) is 0 Å². The van der Waals surface area contributed by atoms with Gasteiger partial charge >= 0.3 is 0 Å². The Hall–Kier alpha value is -1.77. The quantitative estimate of drug-likeness (QED) is 0.0906. The van der Waals surface area contributed by atoms with Crippen molar-refractivity contribution in [1.82, 2.24) is 0 Å². The van der Waals surface area contributed by atoms with Crippen LogP contribution in [0.4, 0.5) is 0 Å². The lowest BCUT2D eigenvalue weighted by Gasteiger charge is -2.46. The molecule has 1 aliphatic heterocycles. The van der Waals surface area contributed by atoms with E-state index in [2.05, 4.69) is 77.9 Å². The molecule has 5 atom stereocenters.